The number of hydrogen-bond acceptors (Lipinski definition) is 2. The summed E-state index contributed by atoms with van der Waals surface area (Å²) >= 11 is 3.34. The molecule has 3 rings (SSSR count). The minimum atomic E-state index is -0.572. The van der Waals surface area contributed by atoms with Crippen molar-refractivity contribution in [3.8, 4) is 0 Å². The van der Waals surface area contributed by atoms with Crippen LogP contribution in [0, 0.1) is 11.6 Å². The molecular weight excluding hydrogens is 366 g/mol. The maximum Gasteiger partial charge on any atom is 0.253 e. The smallest absolute Gasteiger partial charge is 0.253 e. The van der Waals surface area contributed by atoms with E-state index in [-0.39, 0.29) is 11.6 Å². The summed E-state index contributed by atoms with van der Waals surface area (Å²) in [5, 5.41) is 0. The lowest BCUT2D eigenvalue weighted by atomic mass is 10.1. The van der Waals surface area contributed by atoms with Crippen LogP contribution in [-0.4, -0.2) is 37.0 Å². The second-order valence-corrected chi connectivity index (χ2v) is 6.27. The molecule has 1 heterocycles. The van der Waals surface area contributed by atoms with Crippen molar-refractivity contribution < 1.29 is 13.6 Å². The summed E-state index contributed by atoms with van der Waals surface area (Å²) < 4.78 is 28.6. The molecule has 0 unspecified atom stereocenters. The fourth-order valence-corrected chi connectivity index (χ4v) is 2.96. The molecule has 3 nitrogen and oxygen atoms in total. The van der Waals surface area contributed by atoms with Gasteiger partial charge in [-0.1, -0.05) is 22.0 Å². The van der Waals surface area contributed by atoms with Crippen molar-refractivity contribution in [1.82, 2.24) is 4.90 Å². The first-order valence-electron chi connectivity index (χ1n) is 7.30. The van der Waals surface area contributed by atoms with Gasteiger partial charge in [0.15, 0.2) is 0 Å². The van der Waals surface area contributed by atoms with E-state index in [0.717, 1.165) is 4.47 Å². The Balaban J connectivity index is 1.69. The molecule has 1 aliphatic rings. The van der Waals surface area contributed by atoms with Gasteiger partial charge in [0.25, 0.3) is 5.91 Å². The van der Waals surface area contributed by atoms with Crippen molar-refractivity contribution in [2.24, 2.45) is 0 Å². The van der Waals surface area contributed by atoms with Crippen LogP contribution in [0.4, 0.5) is 14.5 Å². The van der Waals surface area contributed by atoms with Crippen LogP contribution in [0.5, 0.6) is 0 Å². The quantitative estimate of drug-likeness (QED) is 0.792. The first kappa shape index (κ1) is 15.9. The predicted octanol–water partition coefficient (Wildman–Crippen LogP) is 3.69. The molecule has 23 heavy (non-hydrogen) atoms. The first-order valence-corrected chi connectivity index (χ1v) is 8.09. The normalized spacial score (nSPS) is 14.9. The summed E-state index contributed by atoms with van der Waals surface area (Å²) in [4.78, 5) is 15.8. The van der Waals surface area contributed by atoms with E-state index in [2.05, 4.69) is 15.9 Å². The predicted molar refractivity (Wildman–Crippen MR) is 88.6 cm³/mol. The number of rotatable bonds is 2. The fraction of sp³-hybridized carbons (Fsp3) is 0.235. The zero-order valence-electron chi connectivity index (χ0n) is 12.3. The summed E-state index contributed by atoms with van der Waals surface area (Å²) in [6.45, 7) is 1.67. The van der Waals surface area contributed by atoms with Crippen molar-refractivity contribution in [2.45, 2.75) is 0 Å². The van der Waals surface area contributed by atoms with Gasteiger partial charge < -0.3 is 9.80 Å². The Morgan fingerprint density at radius 3 is 2.04 bits per heavy atom. The van der Waals surface area contributed by atoms with E-state index in [0.29, 0.717) is 31.7 Å². The number of nitrogens with zero attached hydrogens (tertiary/aromatic N) is 2. The number of para-hydroxylation sites is 1. The number of piperazine rings is 1. The van der Waals surface area contributed by atoms with E-state index in [4.69, 9.17) is 0 Å². The van der Waals surface area contributed by atoms with Crippen LogP contribution in [0.2, 0.25) is 0 Å². The molecule has 0 atom stereocenters. The molecular formula is C17H15BrF2N2O. The summed E-state index contributed by atoms with van der Waals surface area (Å²) in [5.74, 6) is -1.21. The maximum absolute atomic E-state index is 13.8. The molecule has 0 bridgehead atoms. The number of hydrogen-bond donors (Lipinski definition) is 0. The van der Waals surface area contributed by atoms with Gasteiger partial charge in [-0.3, -0.25) is 4.79 Å². The van der Waals surface area contributed by atoms with Crippen molar-refractivity contribution in [1.29, 1.82) is 0 Å². The number of carbonyl (C=O) groups is 1. The number of benzene rings is 2. The Morgan fingerprint density at radius 1 is 0.913 bits per heavy atom. The van der Waals surface area contributed by atoms with Gasteiger partial charge in [0.1, 0.15) is 17.3 Å². The van der Waals surface area contributed by atoms with Gasteiger partial charge in [-0.15, -0.1) is 0 Å². The van der Waals surface area contributed by atoms with Gasteiger partial charge in [-0.05, 0) is 36.4 Å². The second kappa shape index (κ2) is 6.66. The molecule has 0 saturated carbocycles. The minimum Gasteiger partial charge on any atom is -0.363 e. The molecule has 0 N–H and O–H groups in total. The Morgan fingerprint density at radius 2 is 1.48 bits per heavy atom. The zero-order chi connectivity index (χ0) is 16.4. The highest BCUT2D eigenvalue weighted by atomic mass is 79.9. The van der Waals surface area contributed by atoms with Crippen LogP contribution in [0.25, 0.3) is 0 Å². The number of amides is 1. The third kappa shape index (κ3) is 3.37. The van der Waals surface area contributed by atoms with E-state index < -0.39 is 11.6 Å². The Hall–Kier alpha value is -1.95. The second-order valence-electron chi connectivity index (χ2n) is 5.36. The molecule has 2 aromatic carbocycles. The van der Waals surface area contributed by atoms with Crippen LogP contribution in [0.1, 0.15) is 10.4 Å². The Kier molecular flexibility index (Phi) is 4.61. The maximum atomic E-state index is 13.8. The molecule has 0 aromatic heterocycles. The van der Waals surface area contributed by atoms with Crippen molar-refractivity contribution in [2.75, 3.05) is 31.1 Å². The summed E-state index contributed by atoms with van der Waals surface area (Å²) in [7, 11) is 0. The van der Waals surface area contributed by atoms with E-state index in [9.17, 15) is 13.6 Å². The highest BCUT2D eigenvalue weighted by molar-refractivity contribution is 9.10. The van der Waals surface area contributed by atoms with Crippen LogP contribution >= 0.6 is 15.9 Å². The van der Waals surface area contributed by atoms with Gasteiger partial charge in [-0.25, -0.2) is 8.78 Å². The molecule has 1 fully saturated rings. The molecule has 1 saturated heterocycles. The van der Waals surface area contributed by atoms with Gasteiger partial charge in [0.2, 0.25) is 0 Å². The van der Waals surface area contributed by atoms with Crippen LogP contribution in [0.15, 0.2) is 46.9 Å². The summed E-state index contributed by atoms with van der Waals surface area (Å²) in [6.07, 6.45) is 0. The highest BCUT2D eigenvalue weighted by Gasteiger charge is 2.25. The molecule has 120 valence electrons. The van der Waals surface area contributed by atoms with E-state index in [1.165, 1.54) is 18.2 Å². The molecule has 0 aliphatic carbocycles. The van der Waals surface area contributed by atoms with Crippen molar-refractivity contribution in [3.05, 3.63) is 64.1 Å². The molecule has 0 spiro atoms. The van der Waals surface area contributed by atoms with E-state index in [1.54, 1.807) is 21.9 Å². The highest BCUT2D eigenvalue weighted by Crippen LogP contribution is 2.24. The number of halogens is 3. The van der Waals surface area contributed by atoms with Crippen molar-refractivity contribution in [3.63, 3.8) is 0 Å². The fourth-order valence-electron chi connectivity index (χ4n) is 2.70. The van der Waals surface area contributed by atoms with Gasteiger partial charge >= 0.3 is 0 Å². The largest absolute Gasteiger partial charge is 0.363 e. The molecule has 0 radical (unpaired) electrons. The van der Waals surface area contributed by atoms with Gasteiger partial charge in [0, 0.05) is 36.2 Å². The number of anilines is 1. The molecule has 2 aromatic rings. The summed E-state index contributed by atoms with van der Waals surface area (Å²) in [5.41, 5.74) is 0.599. The Labute approximate surface area is 141 Å². The SMILES string of the molecule is O=C(c1ccc(Br)cc1)N1CCN(c2c(F)cccc2F)CC1. The van der Waals surface area contributed by atoms with Gasteiger partial charge in [0.05, 0.1) is 0 Å². The first-order chi connectivity index (χ1) is 11.1. The van der Waals surface area contributed by atoms with Crippen molar-refractivity contribution >= 4 is 27.5 Å². The molecule has 1 amide bonds. The summed E-state index contributed by atoms with van der Waals surface area (Å²) in [6, 6.07) is 11.0. The minimum absolute atomic E-state index is 0.0109. The van der Waals surface area contributed by atoms with E-state index >= 15 is 0 Å². The molecule has 6 heteroatoms. The Bertz CT molecular complexity index is 693. The average Bonchev–Trinajstić information content (AvgIpc) is 2.55. The topological polar surface area (TPSA) is 23.6 Å². The monoisotopic (exact) mass is 380 g/mol. The van der Waals surface area contributed by atoms with Crippen LogP contribution < -0.4 is 4.90 Å². The standard InChI is InChI=1S/C17H15BrF2N2O/c18-13-6-4-12(5-7-13)17(23)22-10-8-21(9-11-22)16-14(19)2-1-3-15(16)20/h1-7H,8-11H2. The third-order valence-corrected chi connectivity index (χ3v) is 4.44. The molecule has 1 aliphatic heterocycles. The number of carbonyl (C=O) groups excluding carboxylic acids is 1. The van der Waals surface area contributed by atoms with E-state index in [1.807, 2.05) is 12.1 Å². The van der Waals surface area contributed by atoms with Crippen LogP contribution in [0.3, 0.4) is 0 Å². The zero-order valence-corrected chi connectivity index (χ0v) is 13.9. The lowest BCUT2D eigenvalue weighted by Crippen LogP contribution is -2.49. The average molecular weight is 381 g/mol. The van der Waals surface area contributed by atoms with Gasteiger partial charge in [-0.2, -0.15) is 0 Å². The third-order valence-electron chi connectivity index (χ3n) is 3.91. The van der Waals surface area contributed by atoms with Crippen LogP contribution in [-0.2, 0) is 0 Å². The lowest BCUT2D eigenvalue weighted by molar-refractivity contribution is 0.0746. The lowest BCUT2D eigenvalue weighted by Gasteiger charge is -2.36.